The Morgan fingerprint density at radius 1 is 1.15 bits per heavy atom. The molecule has 3 atom stereocenters. The number of hydrogen-bond donors (Lipinski definition) is 5. The summed E-state index contributed by atoms with van der Waals surface area (Å²) in [6.45, 7) is -0.776. The Morgan fingerprint density at radius 2 is 1.85 bits per heavy atom. The van der Waals surface area contributed by atoms with Gasteiger partial charge < -0.3 is 32.1 Å². The van der Waals surface area contributed by atoms with E-state index in [0.717, 1.165) is 5.56 Å². The third-order valence-corrected chi connectivity index (χ3v) is 5.50. The zero-order valence-electron chi connectivity index (χ0n) is 18.8. The molecule has 1 aromatic rings. The van der Waals surface area contributed by atoms with Gasteiger partial charge in [-0.05, 0) is 31.2 Å². The number of aliphatic imine (C=N–C) groups is 1. The van der Waals surface area contributed by atoms with Crippen LogP contribution in [0.25, 0.3) is 0 Å². The molecule has 12 heteroatoms. The summed E-state index contributed by atoms with van der Waals surface area (Å²) in [5.41, 5.74) is 11.3. The topological polar surface area (TPSA) is 180 Å². The van der Waals surface area contributed by atoms with Crippen molar-refractivity contribution in [1.82, 2.24) is 15.5 Å². The van der Waals surface area contributed by atoms with Crippen LogP contribution in [-0.4, -0.2) is 77.5 Å². The van der Waals surface area contributed by atoms with E-state index in [0.29, 0.717) is 19.3 Å². The first kappa shape index (κ1) is 26.6. The molecule has 11 nitrogen and oxygen atoms in total. The van der Waals surface area contributed by atoms with Crippen molar-refractivity contribution >= 4 is 29.7 Å². The minimum Gasteiger partial charge on any atom is -0.465 e. The molecule has 0 radical (unpaired) electrons. The van der Waals surface area contributed by atoms with Crippen molar-refractivity contribution < 1.29 is 28.7 Å². The Bertz CT molecular complexity index is 893. The van der Waals surface area contributed by atoms with Crippen LogP contribution in [0.2, 0.25) is 0 Å². The number of hydrogen-bond acceptors (Lipinski definition) is 5. The maximum Gasteiger partial charge on any atom is 0.405 e. The van der Waals surface area contributed by atoms with Crippen LogP contribution in [-0.2, 0) is 20.8 Å². The third-order valence-electron chi connectivity index (χ3n) is 5.50. The number of halogens is 1. The second-order valence-corrected chi connectivity index (χ2v) is 7.99. The van der Waals surface area contributed by atoms with Crippen molar-refractivity contribution in [2.45, 2.75) is 50.2 Å². The summed E-state index contributed by atoms with van der Waals surface area (Å²) in [5.74, 6) is -2.03. The van der Waals surface area contributed by atoms with Gasteiger partial charge in [0.2, 0.25) is 11.8 Å². The molecule has 0 aromatic heterocycles. The molecule has 2 unspecified atom stereocenters. The Morgan fingerprint density at radius 3 is 2.47 bits per heavy atom. The number of nitrogens with two attached hydrogens (primary N) is 2. The van der Waals surface area contributed by atoms with Crippen molar-refractivity contribution in [3.05, 3.63) is 35.9 Å². The van der Waals surface area contributed by atoms with Crippen LogP contribution in [0.5, 0.6) is 0 Å². The smallest absolute Gasteiger partial charge is 0.405 e. The van der Waals surface area contributed by atoms with Gasteiger partial charge in [-0.15, -0.1) is 0 Å². The lowest BCUT2D eigenvalue weighted by Crippen LogP contribution is -2.55. The first-order valence-electron chi connectivity index (χ1n) is 11.0. The maximum atomic E-state index is 13.2. The predicted molar refractivity (Wildman–Crippen MR) is 123 cm³/mol. The highest BCUT2D eigenvalue weighted by atomic mass is 19.1. The number of amides is 3. The predicted octanol–water partition coefficient (Wildman–Crippen LogP) is -0.0667. The minimum atomic E-state index is -1.36. The zero-order valence-corrected chi connectivity index (χ0v) is 18.8. The molecule has 1 aliphatic rings. The molecule has 186 valence electrons. The van der Waals surface area contributed by atoms with Gasteiger partial charge in [0, 0.05) is 19.5 Å². The van der Waals surface area contributed by atoms with Gasteiger partial charge in [-0.25, -0.2) is 9.18 Å². The zero-order chi connectivity index (χ0) is 25.1. The molecule has 1 aliphatic heterocycles. The van der Waals surface area contributed by atoms with Crippen LogP contribution in [0, 0.1) is 0 Å². The molecule has 3 amide bonds. The molecule has 0 saturated carbocycles. The average Bonchev–Trinajstić information content (AvgIpc) is 3.30. The van der Waals surface area contributed by atoms with Gasteiger partial charge in [0.05, 0.1) is 6.04 Å². The second kappa shape index (κ2) is 13.1. The summed E-state index contributed by atoms with van der Waals surface area (Å²) in [7, 11) is 0. The molecule has 1 aromatic carbocycles. The number of alkyl halides is 1. The van der Waals surface area contributed by atoms with Gasteiger partial charge in [0.15, 0.2) is 11.7 Å². The van der Waals surface area contributed by atoms with Crippen molar-refractivity contribution in [2.75, 3.05) is 19.8 Å². The highest BCUT2D eigenvalue weighted by molar-refractivity contribution is 5.95. The van der Waals surface area contributed by atoms with Gasteiger partial charge in [-0.1, -0.05) is 30.3 Å². The van der Waals surface area contributed by atoms with E-state index in [1.807, 2.05) is 0 Å². The molecule has 0 aliphatic carbocycles. The van der Waals surface area contributed by atoms with E-state index in [1.54, 1.807) is 30.3 Å². The van der Waals surface area contributed by atoms with Crippen LogP contribution in [0.15, 0.2) is 35.3 Å². The van der Waals surface area contributed by atoms with Crippen LogP contribution in [0.3, 0.4) is 0 Å². The van der Waals surface area contributed by atoms with E-state index in [1.165, 1.54) is 4.90 Å². The van der Waals surface area contributed by atoms with Crippen LogP contribution in [0.4, 0.5) is 9.18 Å². The monoisotopic (exact) mass is 478 g/mol. The number of benzene rings is 1. The number of guanidine groups is 1. The van der Waals surface area contributed by atoms with E-state index in [9.17, 15) is 28.7 Å². The summed E-state index contributed by atoms with van der Waals surface area (Å²) < 4.78 is 13.0. The van der Waals surface area contributed by atoms with Gasteiger partial charge in [-0.3, -0.25) is 19.4 Å². The van der Waals surface area contributed by atoms with Crippen LogP contribution in [0.1, 0.15) is 31.2 Å². The lowest BCUT2D eigenvalue weighted by atomic mass is 10.0. The molecule has 0 spiro atoms. The molecule has 1 fully saturated rings. The van der Waals surface area contributed by atoms with Gasteiger partial charge >= 0.3 is 6.09 Å². The molecule has 1 heterocycles. The third kappa shape index (κ3) is 8.01. The fraction of sp³-hybridized carbons (Fsp3) is 0.500. The minimum absolute atomic E-state index is 0.113. The van der Waals surface area contributed by atoms with E-state index in [4.69, 9.17) is 11.5 Å². The number of carbonyl (C=O) groups is 4. The van der Waals surface area contributed by atoms with E-state index in [2.05, 4.69) is 15.6 Å². The number of nitrogens with one attached hydrogen (secondary N) is 2. The highest BCUT2D eigenvalue weighted by Crippen LogP contribution is 2.20. The number of carbonyl (C=O) groups excluding carboxylic acids is 3. The fourth-order valence-corrected chi connectivity index (χ4v) is 3.88. The molecule has 2 rings (SSSR count). The number of likely N-dealkylation sites (tertiary alicyclic amines) is 1. The largest absolute Gasteiger partial charge is 0.465 e. The van der Waals surface area contributed by atoms with Crippen molar-refractivity contribution in [3.8, 4) is 0 Å². The molecule has 34 heavy (non-hydrogen) atoms. The second-order valence-electron chi connectivity index (χ2n) is 7.99. The summed E-state index contributed by atoms with van der Waals surface area (Å²) in [6, 6.07) is 5.84. The first-order chi connectivity index (χ1) is 16.2. The Kier molecular flexibility index (Phi) is 10.2. The van der Waals surface area contributed by atoms with E-state index < -0.39 is 48.5 Å². The normalized spacial score (nSPS) is 16.9. The Hall–Kier alpha value is -3.70. The van der Waals surface area contributed by atoms with Gasteiger partial charge in [0.25, 0.3) is 0 Å². The maximum absolute atomic E-state index is 13.2. The summed E-state index contributed by atoms with van der Waals surface area (Å²) in [5, 5.41) is 14.0. The molecular formula is C22H31FN6O5. The summed E-state index contributed by atoms with van der Waals surface area (Å²) in [4.78, 5) is 54.6. The number of rotatable bonds is 12. The number of Topliss-reactive ketones (excluding diaryl/α,β-unsaturated/α-hetero) is 1. The average molecular weight is 479 g/mol. The van der Waals surface area contributed by atoms with Crippen LogP contribution < -0.4 is 22.1 Å². The Balaban J connectivity index is 2.09. The lowest BCUT2D eigenvalue weighted by molar-refractivity contribution is -0.140. The first-order valence-corrected chi connectivity index (χ1v) is 11.0. The quantitative estimate of drug-likeness (QED) is 0.158. The number of ketones is 1. The van der Waals surface area contributed by atoms with Gasteiger partial charge in [0.1, 0.15) is 18.8 Å². The number of nitrogens with zero attached hydrogens (tertiary/aromatic N) is 2. The van der Waals surface area contributed by atoms with Crippen molar-refractivity contribution in [2.24, 2.45) is 16.5 Å². The SMILES string of the molecule is NC(N)=NCCCC(NC(=O)[C@@H]1CCCN1C(=O)C(Cc1ccccc1)NC(=O)O)C(=O)CF. The fourth-order valence-electron chi connectivity index (χ4n) is 3.88. The summed E-state index contributed by atoms with van der Waals surface area (Å²) in [6.07, 6.45) is 0.0926. The van der Waals surface area contributed by atoms with Gasteiger partial charge in [-0.2, -0.15) is 0 Å². The Labute approximate surface area is 196 Å². The van der Waals surface area contributed by atoms with E-state index in [-0.39, 0.29) is 31.9 Å². The summed E-state index contributed by atoms with van der Waals surface area (Å²) >= 11 is 0. The van der Waals surface area contributed by atoms with Crippen molar-refractivity contribution in [3.63, 3.8) is 0 Å². The van der Waals surface area contributed by atoms with Crippen LogP contribution >= 0.6 is 0 Å². The highest BCUT2D eigenvalue weighted by Gasteiger charge is 2.38. The van der Waals surface area contributed by atoms with E-state index >= 15 is 0 Å². The number of carboxylic acid groups (broad SMARTS) is 1. The molecule has 1 saturated heterocycles. The standard InChI is InChI=1S/C22H31FN6O5/c23-13-18(30)15(8-4-10-26-21(24)25)27-19(31)17-9-5-11-29(17)20(32)16(28-22(33)34)12-14-6-2-1-3-7-14/h1-3,6-7,15-17,28H,4-5,8-13H2,(H,27,31)(H,33,34)(H4,24,25,26)/t15?,16?,17-/m0/s1. The molecule has 7 N–H and O–H groups in total. The lowest BCUT2D eigenvalue weighted by Gasteiger charge is -2.29. The molecular weight excluding hydrogens is 447 g/mol. The molecule has 0 bridgehead atoms. The van der Waals surface area contributed by atoms with Crippen molar-refractivity contribution in [1.29, 1.82) is 0 Å².